The van der Waals surface area contributed by atoms with Crippen molar-refractivity contribution in [2.45, 2.75) is 13.8 Å². The molecule has 0 saturated carbocycles. The smallest absolute Gasteiger partial charge is 0.336 e. The van der Waals surface area contributed by atoms with Gasteiger partial charge in [0.25, 0.3) is 0 Å². The second kappa shape index (κ2) is 3.48. The molecule has 0 unspecified atom stereocenters. The number of hydrogen-bond donors (Lipinski definition) is 0. The van der Waals surface area contributed by atoms with Crippen LogP contribution < -0.4 is 5.63 Å². The zero-order chi connectivity index (χ0) is 11.9. The van der Waals surface area contributed by atoms with Crippen molar-refractivity contribution in [3.8, 4) is 5.75 Å². The van der Waals surface area contributed by atoms with Crippen molar-refractivity contribution in [3.05, 3.63) is 39.7 Å². The highest BCUT2D eigenvalue weighted by atomic mass is 16.4. The van der Waals surface area contributed by atoms with E-state index in [9.17, 15) is 14.7 Å². The summed E-state index contributed by atoms with van der Waals surface area (Å²) < 4.78 is 4.94. The van der Waals surface area contributed by atoms with E-state index in [2.05, 4.69) is 0 Å². The highest BCUT2D eigenvalue weighted by molar-refractivity contribution is 6.07. The lowest BCUT2D eigenvalue weighted by Crippen LogP contribution is -2.02. The van der Waals surface area contributed by atoms with Gasteiger partial charge in [0, 0.05) is 11.5 Å². The first-order valence-electron chi connectivity index (χ1n) is 4.76. The van der Waals surface area contributed by atoms with Gasteiger partial charge < -0.3 is 4.42 Å². The second-order valence-corrected chi connectivity index (χ2v) is 3.62. The maximum atomic E-state index is 11.5. The summed E-state index contributed by atoms with van der Waals surface area (Å²) in [6.07, 6.45) is 0. The van der Waals surface area contributed by atoms with E-state index >= 15 is 0 Å². The lowest BCUT2D eigenvalue weighted by molar-refractivity contribution is 0.101. The summed E-state index contributed by atoms with van der Waals surface area (Å²) >= 11 is 0. The maximum Gasteiger partial charge on any atom is 0.336 e. The van der Waals surface area contributed by atoms with Crippen molar-refractivity contribution < 1.29 is 14.3 Å². The fourth-order valence-electron chi connectivity index (χ4n) is 1.70. The topological polar surface area (TPSA) is 67.2 Å². The Morgan fingerprint density at radius 3 is 2.62 bits per heavy atom. The minimum Gasteiger partial charge on any atom is -0.422 e. The molecule has 2 aromatic rings. The zero-order valence-electron chi connectivity index (χ0n) is 8.87. The van der Waals surface area contributed by atoms with Crippen LogP contribution in [0.3, 0.4) is 0 Å². The molecule has 0 aliphatic heterocycles. The molecule has 81 valence electrons. The summed E-state index contributed by atoms with van der Waals surface area (Å²) in [5, 5.41) is 12.1. The van der Waals surface area contributed by atoms with Gasteiger partial charge in [0.1, 0.15) is 5.56 Å². The first-order chi connectivity index (χ1) is 7.50. The molecule has 0 amide bonds. The number of carbonyl (C=O) groups excluding carboxylic acids is 1. The molecule has 4 nitrogen and oxygen atoms in total. The van der Waals surface area contributed by atoms with E-state index in [1.165, 1.54) is 19.1 Å². The van der Waals surface area contributed by atoms with Crippen LogP contribution in [0.15, 0.2) is 27.4 Å². The van der Waals surface area contributed by atoms with Crippen molar-refractivity contribution in [2.75, 3.05) is 0 Å². The monoisotopic (exact) mass is 217 g/mol. The summed E-state index contributed by atoms with van der Waals surface area (Å²) in [6.45, 7) is 3.01. The maximum absolute atomic E-state index is 11.5. The van der Waals surface area contributed by atoms with Crippen LogP contribution in [0.1, 0.15) is 22.8 Å². The molecule has 1 radical (unpaired) electrons. The molecule has 0 N–H and O–H groups in total. The highest BCUT2D eigenvalue weighted by Gasteiger charge is 2.16. The molecular weight excluding hydrogens is 208 g/mol. The van der Waals surface area contributed by atoms with E-state index in [0.29, 0.717) is 10.9 Å². The molecule has 0 fully saturated rings. The Morgan fingerprint density at radius 1 is 1.31 bits per heavy atom. The SMILES string of the molecule is CC(=O)c1c([O])ccc2c(C)cc(=O)oc12. The molecular formula is C12H9O4. The fraction of sp³-hybridized carbons (Fsp3) is 0.167. The minimum atomic E-state index is -0.557. The second-order valence-electron chi connectivity index (χ2n) is 3.62. The van der Waals surface area contributed by atoms with Crippen molar-refractivity contribution in [2.24, 2.45) is 0 Å². The van der Waals surface area contributed by atoms with E-state index in [1.54, 1.807) is 13.0 Å². The lowest BCUT2D eigenvalue weighted by Gasteiger charge is -2.04. The van der Waals surface area contributed by atoms with Gasteiger partial charge in [-0.3, -0.25) is 9.90 Å². The van der Waals surface area contributed by atoms with Crippen LogP contribution in [0.4, 0.5) is 0 Å². The molecule has 0 atom stereocenters. The number of carbonyl (C=O) groups is 1. The Balaban J connectivity index is 3.03. The van der Waals surface area contributed by atoms with Crippen molar-refractivity contribution in [1.29, 1.82) is 0 Å². The molecule has 1 heterocycles. The van der Waals surface area contributed by atoms with E-state index in [-0.39, 0.29) is 11.1 Å². The Bertz CT molecular complexity index is 637. The van der Waals surface area contributed by atoms with Crippen LogP contribution in [0.2, 0.25) is 0 Å². The van der Waals surface area contributed by atoms with Crippen LogP contribution in [0, 0.1) is 6.92 Å². The number of hydrogen-bond acceptors (Lipinski definition) is 3. The predicted octanol–water partition coefficient (Wildman–Crippen LogP) is 2.45. The molecule has 1 aromatic carbocycles. The number of aryl methyl sites for hydroxylation is 1. The first-order valence-corrected chi connectivity index (χ1v) is 4.76. The van der Waals surface area contributed by atoms with Crippen molar-refractivity contribution >= 4 is 16.8 Å². The average Bonchev–Trinajstić information content (AvgIpc) is 2.15. The largest absolute Gasteiger partial charge is 0.422 e. The van der Waals surface area contributed by atoms with E-state index in [1.807, 2.05) is 0 Å². The quantitative estimate of drug-likeness (QED) is 0.544. The lowest BCUT2D eigenvalue weighted by atomic mass is 10.0. The van der Waals surface area contributed by atoms with Gasteiger partial charge in [-0.2, -0.15) is 0 Å². The number of benzene rings is 1. The number of Topliss-reactive ketones (excluding diaryl/α,β-unsaturated/α-hetero) is 1. The van der Waals surface area contributed by atoms with E-state index in [4.69, 9.17) is 4.42 Å². The third kappa shape index (κ3) is 1.48. The molecule has 2 rings (SSSR count). The molecule has 4 heteroatoms. The summed E-state index contributed by atoms with van der Waals surface area (Å²) in [4.78, 5) is 22.6. The number of ketones is 1. The molecule has 0 bridgehead atoms. The van der Waals surface area contributed by atoms with E-state index in [0.717, 1.165) is 0 Å². The van der Waals surface area contributed by atoms with Gasteiger partial charge in [0.15, 0.2) is 17.1 Å². The Kier molecular flexibility index (Phi) is 2.27. The summed E-state index contributed by atoms with van der Waals surface area (Å²) in [7, 11) is 0. The predicted molar refractivity (Wildman–Crippen MR) is 57.4 cm³/mol. The van der Waals surface area contributed by atoms with Gasteiger partial charge in [0.2, 0.25) is 0 Å². The molecule has 1 aromatic heterocycles. The van der Waals surface area contributed by atoms with Gasteiger partial charge in [-0.05, 0) is 31.5 Å². The summed E-state index contributed by atoms with van der Waals surface area (Å²) in [5.74, 6) is -0.821. The third-order valence-corrected chi connectivity index (χ3v) is 2.43. The molecule has 0 aliphatic carbocycles. The standard InChI is InChI=1S/C12H9O4/c1-6-5-10(15)16-12-8(6)3-4-9(14)11(12)7(2)13/h3-5H,1-2H3. The molecule has 16 heavy (non-hydrogen) atoms. The van der Waals surface area contributed by atoms with Crippen LogP contribution in [0.5, 0.6) is 5.75 Å². The first kappa shape index (κ1) is 10.4. The Hall–Kier alpha value is -2.10. The summed E-state index contributed by atoms with van der Waals surface area (Å²) in [5.41, 5.74) is 0.162. The van der Waals surface area contributed by atoms with Crippen molar-refractivity contribution in [1.82, 2.24) is 0 Å². The Morgan fingerprint density at radius 2 is 2.00 bits per heavy atom. The number of fused-ring (bicyclic) bond motifs is 1. The van der Waals surface area contributed by atoms with Crippen molar-refractivity contribution in [3.63, 3.8) is 0 Å². The van der Waals surface area contributed by atoms with Gasteiger partial charge in [-0.25, -0.2) is 4.79 Å². The summed E-state index contributed by atoms with van der Waals surface area (Å²) in [6, 6.07) is 4.20. The van der Waals surface area contributed by atoms with Gasteiger partial charge in [0.05, 0.1) is 0 Å². The normalized spacial score (nSPS) is 10.6. The fourth-order valence-corrected chi connectivity index (χ4v) is 1.70. The molecule has 0 saturated heterocycles. The van der Waals surface area contributed by atoms with Crippen LogP contribution in [-0.4, -0.2) is 5.78 Å². The van der Waals surface area contributed by atoms with Gasteiger partial charge >= 0.3 is 5.63 Å². The van der Waals surface area contributed by atoms with Crippen LogP contribution in [0.25, 0.3) is 11.0 Å². The molecule has 0 spiro atoms. The van der Waals surface area contributed by atoms with E-state index < -0.39 is 17.2 Å². The van der Waals surface area contributed by atoms with Crippen LogP contribution in [-0.2, 0) is 5.11 Å². The third-order valence-electron chi connectivity index (χ3n) is 2.43. The Labute approximate surface area is 91.1 Å². The zero-order valence-corrected chi connectivity index (χ0v) is 8.87. The molecule has 0 aliphatic rings. The van der Waals surface area contributed by atoms with Gasteiger partial charge in [-0.15, -0.1) is 0 Å². The highest BCUT2D eigenvalue weighted by Crippen LogP contribution is 2.28. The minimum absolute atomic E-state index is 0.0571. The average molecular weight is 217 g/mol. The van der Waals surface area contributed by atoms with Gasteiger partial charge in [-0.1, -0.05) is 0 Å². The van der Waals surface area contributed by atoms with Crippen LogP contribution >= 0.6 is 0 Å². The number of rotatable bonds is 1.